The van der Waals surface area contributed by atoms with Crippen LogP contribution < -0.4 is 9.88 Å². The van der Waals surface area contributed by atoms with E-state index in [0.29, 0.717) is 54.7 Å². The summed E-state index contributed by atoms with van der Waals surface area (Å²) in [5, 5.41) is 11.6. The third-order valence-corrected chi connectivity index (χ3v) is 9.14. The summed E-state index contributed by atoms with van der Waals surface area (Å²) in [7, 11) is -1.47. The Morgan fingerprint density at radius 1 is 0.921 bits per heavy atom. The van der Waals surface area contributed by atoms with Gasteiger partial charge in [0.2, 0.25) is 0 Å². The fourth-order valence-electron chi connectivity index (χ4n) is 5.17. The van der Waals surface area contributed by atoms with Crippen molar-refractivity contribution in [1.82, 2.24) is 5.16 Å². The van der Waals surface area contributed by atoms with Crippen LogP contribution in [0.1, 0.15) is 65.9 Å². The van der Waals surface area contributed by atoms with Gasteiger partial charge in [-0.1, -0.05) is 64.2 Å². The van der Waals surface area contributed by atoms with E-state index < -0.39 is 11.0 Å². The van der Waals surface area contributed by atoms with Crippen LogP contribution in [0, 0.1) is 0 Å². The number of hydrogen-bond donors (Lipinski definition) is 1. The zero-order chi connectivity index (χ0) is 26.4. The van der Waals surface area contributed by atoms with Crippen LogP contribution in [0.25, 0.3) is 11.3 Å². The first kappa shape index (κ1) is 25.9. The third kappa shape index (κ3) is 5.13. The van der Waals surface area contributed by atoms with E-state index in [-0.39, 0.29) is 6.61 Å². The molecule has 0 amide bonds. The first-order chi connectivity index (χ1) is 18.4. The van der Waals surface area contributed by atoms with Crippen molar-refractivity contribution in [1.29, 1.82) is 0 Å². The topological polar surface area (TPSA) is 78.4 Å². The molecule has 1 atom stereocenters. The molecule has 0 saturated heterocycles. The Morgan fingerprint density at radius 3 is 2.34 bits per heavy atom. The smallest absolute Gasteiger partial charge is 0.147 e. The van der Waals surface area contributed by atoms with Crippen molar-refractivity contribution in [3.63, 3.8) is 0 Å². The number of hydrogen-bond acceptors (Lipinski definition) is 4. The average Bonchev–Trinajstić information content (AvgIpc) is 3.63. The summed E-state index contributed by atoms with van der Waals surface area (Å²) in [4.78, 5) is 0.656. The highest BCUT2D eigenvalue weighted by Crippen LogP contribution is 2.50. The molecule has 2 aliphatic carbocycles. The number of aromatic nitrogens is 1. The Balaban J connectivity index is 1.16. The van der Waals surface area contributed by atoms with Gasteiger partial charge in [0.05, 0.1) is 20.5 Å². The lowest BCUT2D eigenvalue weighted by Crippen LogP contribution is -2.20. The van der Waals surface area contributed by atoms with Crippen LogP contribution in [-0.4, -0.2) is 9.37 Å². The van der Waals surface area contributed by atoms with Crippen molar-refractivity contribution >= 4 is 45.8 Å². The van der Waals surface area contributed by atoms with Gasteiger partial charge in [0.1, 0.15) is 34.8 Å². The Kier molecular flexibility index (Phi) is 7.27. The summed E-state index contributed by atoms with van der Waals surface area (Å²) in [5.74, 6) is 2.62. The van der Waals surface area contributed by atoms with Gasteiger partial charge >= 0.3 is 0 Å². The molecule has 2 saturated carbocycles. The molecule has 4 aromatic rings. The molecule has 0 bridgehead atoms. The van der Waals surface area contributed by atoms with Gasteiger partial charge in [0.25, 0.3) is 0 Å². The quantitative estimate of drug-likeness (QED) is 0.224. The summed E-state index contributed by atoms with van der Waals surface area (Å²) in [6, 6.07) is 19.0. The van der Waals surface area contributed by atoms with Gasteiger partial charge in [-0.05, 0) is 85.0 Å². The first-order valence-corrected chi connectivity index (χ1v) is 14.8. The monoisotopic (exact) mass is 586 g/mol. The molecular formula is C29H25Cl3N2O3S. The Labute approximate surface area is 238 Å². The Hall–Kier alpha value is -2.35. The highest BCUT2D eigenvalue weighted by molar-refractivity contribution is 7.82. The van der Waals surface area contributed by atoms with Crippen molar-refractivity contribution in [2.45, 2.75) is 54.9 Å². The molecule has 2 N–H and O–H groups in total. The normalized spacial score (nSPS) is 19.7. The van der Waals surface area contributed by atoms with Gasteiger partial charge in [-0.25, -0.2) is 9.35 Å². The minimum Gasteiger partial charge on any atom is -0.489 e. The van der Waals surface area contributed by atoms with Crippen LogP contribution >= 0.6 is 34.8 Å². The summed E-state index contributed by atoms with van der Waals surface area (Å²) < 4.78 is 23.6. The van der Waals surface area contributed by atoms with Crippen molar-refractivity contribution in [3.05, 3.63) is 98.2 Å². The number of halogens is 3. The molecule has 196 valence electrons. The fourth-order valence-corrected chi connectivity index (χ4v) is 6.54. The lowest BCUT2D eigenvalue weighted by atomic mass is 9.68. The van der Waals surface area contributed by atoms with Gasteiger partial charge < -0.3 is 9.26 Å². The SMILES string of the molecule is NS(=O)c1cccc(C2CC(c3ccc(OCc4c(-c5c(Cl)cccc5Cl)noc4C4CC4)cc3Cl)C2)c1. The Morgan fingerprint density at radius 2 is 1.66 bits per heavy atom. The van der Waals surface area contributed by atoms with E-state index in [2.05, 4.69) is 11.2 Å². The van der Waals surface area contributed by atoms with Crippen molar-refractivity contribution in [2.24, 2.45) is 5.14 Å². The lowest BCUT2D eigenvalue weighted by molar-refractivity contribution is 0.300. The Bertz CT molecular complexity index is 1510. The van der Waals surface area contributed by atoms with Crippen LogP contribution in [-0.2, 0) is 17.6 Å². The van der Waals surface area contributed by atoms with Crippen molar-refractivity contribution in [3.8, 4) is 17.0 Å². The summed E-state index contributed by atoms with van der Waals surface area (Å²) in [5.41, 5.74) is 4.42. The third-order valence-electron chi connectivity index (χ3n) is 7.46. The molecular weight excluding hydrogens is 563 g/mol. The van der Waals surface area contributed by atoms with E-state index in [1.165, 1.54) is 5.56 Å². The number of nitrogens with zero attached hydrogens (tertiary/aromatic N) is 1. The van der Waals surface area contributed by atoms with E-state index in [0.717, 1.165) is 42.6 Å². The number of benzene rings is 3. The molecule has 1 aromatic heterocycles. The summed E-state index contributed by atoms with van der Waals surface area (Å²) in [6.45, 7) is 0.270. The average molecular weight is 588 g/mol. The van der Waals surface area contributed by atoms with Crippen LogP contribution in [0.5, 0.6) is 5.75 Å². The largest absolute Gasteiger partial charge is 0.489 e. The number of nitrogens with two attached hydrogens (primary N) is 1. The highest BCUT2D eigenvalue weighted by atomic mass is 35.5. The maximum atomic E-state index is 11.6. The van der Waals surface area contributed by atoms with Crippen LogP contribution in [0.2, 0.25) is 15.1 Å². The zero-order valence-electron chi connectivity index (χ0n) is 20.3. The second-order valence-electron chi connectivity index (χ2n) is 9.95. The fraction of sp³-hybridized carbons (Fsp3) is 0.276. The molecule has 2 fully saturated rings. The standard InChI is InChI=1S/C29H25Cl3N2O3S/c30-24-5-2-6-25(31)27(24)28-23(29(37-34-28)16-7-8-16)15-36-20-9-10-22(26(32)14-20)19-11-18(12-19)17-3-1-4-21(13-17)38(33)35/h1-6,9-10,13-14,16,18-19H,7-8,11-12,15,33H2. The maximum absolute atomic E-state index is 11.6. The second kappa shape index (κ2) is 10.7. The molecule has 6 rings (SSSR count). The van der Waals surface area contributed by atoms with Gasteiger partial charge in [0.15, 0.2) is 0 Å². The van der Waals surface area contributed by atoms with Crippen LogP contribution in [0.15, 0.2) is 70.1 Å². The van der Waals surface area contributed by atoms with Gasteiger partial charge in [-0.15, -0.1) is 0 Å². The summed E-state index contributed by atoms with van der Waals surface area (Å²) in [6.07, 6.45) is 4.09. The van der Waals surface area contributed by atoms with E-state index >= 15 is 0 Å². The lowest BCUT2D eigenvalue weighted by Gasteiger charge is -2.36. The van der Waals surface area contributed by atoms with Gasteiger partial charge in [-0.3, -0.25) is 0 Å². The van der Waals surface area contributed by atoms with E-state index in [9.17, 15) is 4.21 Å². The molecule has 0 radical (unpaired) electrons. The van der Waals surface area contributed by atoms with Crippen molar-refractivity contribution < 1.29 is 13.5 Å². The summed E-state index contributed by atoms with van der Waals surface area (Å²) >= 11 is 19.7. The van der Waals surface area contributed by atoms with Crippen LogP contribution in [0.4, 0.5) is 0 Å². The van der Waals surface area contributed by atoms with Crippen molar-refractivity contribution in [2.75, 3.05) is 0 Å². The predicted octanol–water partition coefficient (Wildman–Crippen LogP) is 8.40. The number of ether oxygens (including phenoxy) is 1. The van der Waals surface area contributed by atoms with Gasteiger partial charge in [-0.2, -0.15) is 0 Å². The number of rotatable bonds is 8. The molecule has 2 aliphatic rings. The molecule has 38 heavy (non-hydrogen) atoms. The maximum Gasteiger partial charge on any atom is 0.147 e. The van der Waals surface area contributed by atoms with Gasteiger partial charge in [0, 0.05) is 16.5 Å². The minimum atomic E-state index is -1.47. The van der Waals surface area contributed by atoms with Crippen LogP contribution in [0.3, 0.4) is 0 Å². The minimum absolute atomic E-state index is 0.270. The second-order valence-corrected chi connectivity index (χ2v) is 12.2. The molecule has 3 aromatic carbocycles. The highest BCUT2D eigenvalue weighted by Gasteiger charge is 2.34. The molecule has 1 unspecified atom stereocenters. The zero-order valence-corrected chi connectivity index (χ0v) is 23.4. The van der Waals surface area contributed by atoms with E-state index in [1.54, 1.807) is 24.3 Å². The van der Waals surface area contributed by atoms with E-state index in [1.807, 2.05) is 30.3 Å². The molecule has 5 nitrogen and oxygen atoms in total. The predicted molar refractivity (Wildman–Crippen MR) is 151 cm³/mol. The first-order valence-electron chi connectivity index (χ1n) is 12.5. The molecule has 0 aliphatic heterocycles. The molecule has 0 spiro atoms. The van der Waals surface area contributed by atoms with E-state index in [4.69, 9.17) is 49.2 Å². The molecule has 1 heterocycles. The molecule has 9 heteroatoms.